The summed E-state index contributed by atoms with van der Waals surface area (Å²) in [7, 11) is 1.69. The molecule has 2 aliphatic rings. The lowest BCUT2D eigenvalue weighted by molar-refractivity contribution is 0.187. The minimum atomic E-state index is 0.828. The van der Waals surface area contributed by atoms with Gasteiger partial charge < -0.3 is 9.64 Å². The number of piperazine rings is 1. The lowest BCUT2D eigenvalue weighted by Crippen LogP contribution is -2.49. The van der Waals surface area contributed by atoms with Gasteiger partial charge in [0, 0.05) is 37.8 Å². The first-order chi connectivity index (χ1) is 11.8. The van der Waals surface area contributed by atoms with Gasteiger partial charge >= 0.3 is 0 Å². The second-order valence-electron chi connectivity index (χ2n) is 6.58. The van der Waals surface area contributed by atoms with E-state index in [1.165, 1.54) is 25.7 Å². The van der Waals surface area contributed by atoms with E-state index in [1.807, 2.05) is 18.2 Å². The van der Waals surface area contributed by atoms with E-state index in [9.17, 15) is 0 Å². The molecule has 1 saturated heterocycles. The van der Waals surface area contributed by atoms with Gasteiger partial charge in [-0.3, -0.25) is 4.90 Å². The fourth-order valence-corrected chi connectivity index (χ4v) is 4.66. The normalized spacial score (nSPS) is 19.8. The predicted octanol–water partition coefficient (Wildman–Crippen LogP) is 3.28. The van der Waals surface area contributed by atoms with Gasteiger partial charge in [-0.05, 0) is 25.0 Å². The maximum Gasteiger partial charge on any atom is 0.208 e. The summed E-state index contributed by atoms with van der Waals surface area (Å²) in [5.41, 5.74) is 1.07. The summed E-state index contributed by atoms with van der Waals surface area (Å²) < 4.78 is 5.30. The molecule has 2 aromatic rings. The van der Waals surface area contributed by atoms with Gasteiger partial charge in [-0.15, -0.1) is 10.2 Å². The number of methoxy groups -OCH3 is 1. The van der Waals surface area contributed by atoms with Crippen LogP contribution in [0.2, 0.25) is 0 Å². The molecule has 0 spiro atoms. The van der Waals surface area contributed by atoms with Crippen LogP contribution in [-0.4, -0.2) is 54.4 Å². The van der Waals surface area contributed by atoms with Crippen molar-refractivity contribution in [2.24, 2.45) is 0 Å². The van der Waals surface area contributed by atoms with E-state index in [2.05, 4.69) is 26.1 Å². The Hall–Kier alpha value is -1.66. The lowest BCUT2D eigenvalue weighted by atomic mass is 10.2. The number of benzene rings is 1. The molecule has 0 N–H and O–H groups in total. The van der Waals surface area contributed by atoms with Crippen molar-refractivity contribution in [1.82, 2.24) is 15.1 Å². The molecule has 4 rings (SSSR count). The smallest absolute Gasteiger partial charge is 0.208 e. The summed E-state index contributed by atoms with van der Waals surface area (Å²) >= 11 is 1.67. The van der Waals surface area contributed by atoms with Crippen LogP contribution in [0.4, 0.5) is 5.13 Å². The van der Waals surface area contributed by atoms with Crippen LogP contribution in [0.1, 0.15) is 25.7 Å². The average molecular weight is 344 g/mol. The number of anilines is 1. The van der Waals surface area contributed by atoms with E-state index >= 15 is 0 Å². The first-order valence-electron chi connectivity index (χ1n) is 8.80. The molecule has 2 heterocycles. The van der Waals surface area contributed by atoms with Crippen molar-refractivity contribution in [2.75, 3.05) is 38.2 Å². The van der Waals surface area contributed by atoms with Gasteiger partial charge in [0.15, 0.2) is 0 Å². The molecule has 1 aromatic carbocycles. The first-order valence-corrected chi connectivity index (χ1v) is 9.62. The van der Waals surface area contributed by atoms with Gasteiger partial charge in [0.25, 0.3) is 0 Å². The fraction of sp³-hybridized carbons (Fsp3) is 0.556. The lowest BCUT2D eigenvalue weighted by Gasteiger charge is -2.37. The molecule has 1 aliphatic heterocycles. The molecule has 1 aromatic heterocycles. The fourth-order valence-electron chi connectivity index (χ4n) is 3.76. The zero-order valence-electron chi connectivity index (χ0n) is 14.1. The molecule has 128 valence electrons. The molecule has 6 heteroatoms. The third-order valence-corrected chi connectivity index (χ3v) is 6.19. The highest BCUT2D eigenvalue weighted by molar-refractivity contribution is 7.18. The number of nitrogens with zero attached hydrogens (tertiary/aromatic N) is 4. The third-order valence-electron chi connectivity index (χ3n) is 5.16. The van der Waals surface area contributed by atoms with Crippen molar-refractivity contribution in [1.29, 1.82) is 0 Å². The van der Waals surface area contributed by atoms with Crippen LogP contribution in [0.5, 0.6) is 5.75 Å². The van der Waals surface area contributed by atoms with E-state index in [0.717, 1.165) is 53.7 Å². The number of ether oxygens (including phenoxy) is 1. The highest BCUT2D eigenvalue weighted by atomic mass is 32.1. The Balaban J connectivity index is 1.42. The second kappa shape index (κ2) is 7.07. The van der Waals surface area contributed by atoms with E-state index in [0.29, 0.717) is 0 Å². The molecule has 1 saturated carbocycles. The molecule has 0 bridgehead atoms. The monoisotopic (exact) mass is 344 g/mol. The van der Waals surface area contributed by atoms with E-state index < -0.39 is 0 Å². The Labute approximate surface area is 147 Å². The van der Waals surface area contributed by atoms with Crippen LogP contribution in [0, 0.1) is 0 Å². The minimum absolute atomic E-state index is 0.828. The Morgan fingerprint density at radius 1 is 1.08 bits per heavy atom. The summed E-state index contributed by atoms with van der Waals surface area (Å²) in [6.07, 6.45) is 5.59. The summed E-state index contributed by atoms with van der Waals surface area (Å²) in [6, 6.07) is 8.85. The summed E-state index contributed by atoms with van der Waals surface area (Å²) in [4.78, 5) is 5.06. The van der Waals surface area contributed by atoms with Crippen molar-refractivity contribution in [3.05, 3.63) is 24.3 Å². The van der Waals surface area contributed by atoms with Crippen LogP contribution in [0.3, 0.4) is 0 Å². The summed E-state index contributed by atoms with van der Waals surface area (Å²) in [5, 5.41) is 10.8. The van der Waals surface area contributed by atoms with E-state index in [1.54, 1.807) is 18.4 Å². The zero-order chi connectivity index (χ0) is 16.4. The third kappa shape index (κ3) is 3.26. The largest absolute Gasteiger partial charge is 0.497 e. The average Bonchev–Trinajstić information content (AvgIpc) is 3.34. The van der Waals surface area contributed by atoms with Crippen LogP contribution >= 0.6 is 11.3 Å². The molecular weight excluding hydrogens is 320 g/mol. The van der Waals surface area contributed by atoms with Crippen molar-refractivity contribution in [3.63, 3.8) is 0 Å². The standard InChI is InChI=1S/C18H24N4OS/c1-23-16-8-4-5-14(13-16)17-19-20-18(24-17)22-11-9-21(10-12-22)15-6-2-3-7-15/h4-5,8,13,15H,2-3,6-7,9-12H2,1H3. The summed E-state index contributed by atoms with van der Waals surface area (Å²) in [5.74, 6) is 0.856. The van der Waals surface area contributed by atoms with Crippen LogP contribution in [-0.2, 0) is 0 Å². The maximum atomic E-state index is 5.30. The van der Waals surface area contributed by atoms with Gasteiger partial charge in [-0.2, -0.15) is 0 Å². The van der Waals surface area contributed by atoms with Crippen molar-refractivity contribution in [2.45, 2.75) is 31.7 Å². The SMILES string of the molecule is COc1cccc(-c2nnc(N3CCN(C4CCCC4)CC3)s2)c1. The highest BCUT2D eigenvalue weighted by Crippen LogP contribution is 2.31. The zero-order valence-corrected chi connectivity index (χ0v) is 15.0. The number of aromatic nitrogens is 2. The quantitative estimate of drug-likeness (QED) is 0.851. The maximum absolute atomic E-state index is 5.30. The number of hydrogen-bond donors (Lipinski definition) is 0. The van der Waals surface area contributed by atoms with Gasteiger partial charge in [-0.1, -0.05) is 36.3 Å². The van der Waals surface area contributed by atoms with Crippen molar-refractivity contribution in [3.8, 4) is 16.3 Å². The second-order valence-corrected chi connectivity index (χ2v) is 7.54. The molecule has 2 fully saturated rings. The molecule has 5 nitrogen and oxygen atoms in total. The Kier molecular flexibility index (Phi) is 4.67. The molecule has 0 amide bonds. The summed E-state index contributed by atoms with van der Waals surface area (Å²) in [6.45, 7) is 4.42. The van der Waals surface area contributed by atoms with Gasteiger partial charge in [0.05, 0.1) is 7.11 Å². The Bertz CT molecular complexity index is 675. The predicted molar refractivity (Wildman–Crippen MR) is 97.9 cm³/mol. The van der Waals surface area contributed by atoms with Gasteiger partial charge in [0.1, 0.15) is 10.8 Å². The van der Waals surface area contributed by atoms with Gasteiger partial charge in [0.2, 0.25) is 5.13 Å². The van der Waals surface area contributed by atoms with Crippen molar-refractivity contribution >= 4 is 16.5 Å². The van der Waals surface area contributed by atoms with E-state index in [4.69, 9.17) is 4.74 Å². The minimum Gasteiger partial charge on any atom is -0.497 e. The van der Waals surface area contributed by atoms with Crippen LogP contribution < -0.4 is 9.64 Å². The van der Waals surface area contributed by atoms with Crippen molar-refractivity contribution < 1.29 is 4.74 Å². The molecule has 24 heavy (non-hydrogen) atoms. The first kappa shape index (κ1) is 15.8. The van der Waals surface area contributed by atoms with E-state index in [-0.39, 0.29) is 0 Å². The molecule has 0 radical (unpaired) electrons. The Morgan fingerprint density at radius 3 is 2.62 bits per heavy atom. The molecule has 0 atom stereocenters. The van der Waals surface area contributed by atoms with Crippen LogP contribution in [0.15, 0.2) is 24.3 Å². The van der Waals surface area contributed by atoms with Crippen LogP contribution in [0.25, 0.3) is 10.6 Å². The molecule has 0 unspecified atom stereocenters. The topological polar surface area (TPSA) is 41.5 Å². The number of rotatable bonds is 4. The molecular formula is C18H24N4OS. The van der Waals surface area contributed by atoms with Gasteiger partial charge in [-0.25, -0.2) is 0 Å². The Morgan fingerprint density at radius 2 is 1.88 bits per heavy atom. The molecule has 1 aliphatic carbocycles. The number of hydrogen-bond acceptors (Lipinski definition) is 6. The highest BCUT2D eigenvalue weighted by Gasteiger charge is 2.27.